The third-order valence-electron chi connectivity index (χ3n) is 3.00. The Balaban J connectivity index is 1.71. The van der Waals surface area contributed by atoms with Gasteiger partial charge in [-0.15, -0.1) is 11.3 Å². The summed E-state index contributed by atoms with van der Waals surface area (Å²) in [7, 11) is 0. The molecule has 1 heterocycles. The van der Waals surface area contributed by atoms with Crippen LogP contribution in [0.4, 0.5) is 5.13 Å². The van der Waals surface area contributed by atoms with Gasteiger partial charge in [0.1, 0.15) is 5.75 Å². The van der Waals surface area contributed by atoms with Crippen LogP contribution < -0.4 is 5.43 Å². The van der Waals surface area contributed by atoms with Crippen molar-refractivity contribution in [3.8, 4) is 17.0 Å². The smallest absolute Gasteiger partial charge is 0.203 e. The second-order valence-corrected chi connectivity index (χ2v) is 7.31. The molecule has 3 aromatic rings. The maximum absolute atomic E-state index is 9.75. The highest BCUT2D eigenvalue weighted by molar-refractivity contribution is 9.10. The quantitative estimate of drug-likeness (QED) is 0.406. The summed E-state index contributed by atoms with van der Waals surface area (Å²) in [6.45, 7) is 0. The van der Waals surface area contributed by atoms with Gasteiger partial charge in [-0.2, -0.15) is 5.10 Å². The predicted octanol–water partition coefficient (Wildman–Crippen LogP) is 5.49. The molecule has 116 valence electrons. The fourth-order valence-corrected chi connectivity index (χ4v) is 3.18. The van der Waals surface area contributed by atoms with E-state index in [1.54, 1.807) is 24.4 Å². The molecule has 0 amide bonds. The molecule has 2 N–H and O–H groups in total. The van der Waals surface area contributed by atoms with E-state index in [1.165, 1.54) is 11.3 Å². The normalized spacial score (nSPS) is 11.0. The highest BCUT2D eigenvalue weighted by Crippen LogP contribution is 2.26. The van der Waals surface area contributed by atoms with Crippen LogP contribution in [0.1, 0.15) is 5.56 Å². The Morgan fingerprint density at radius 3 is 2.61 bits per heavy atom. The minimum absolute atomic E-state index is 0.174. The zero-order chi connectivity index (χ0) is 16.2. The topological polar surface area (TPSA) is 57.5 Å². The maximum atomic E-state index is 9.75. The highest BCUT2D eigenvalue weighted by atomic mass is 79.9. The first-order chi connectivity index (χ1) is 11.1. The predicted molar refractivity (Wildman–Crippen MR) is 102 cm³/mol. The Kier molecular flexibility index (Phi) is 5.09. The number of nitrogens with one attached hydrogen (secondary N) is 1. The largest absolute Gasteiger partial charge is 0.507 e. The number of thiazole rings is 1. The van der Waals surface area contributed by atoms with Crippen molar-refractivity contribution < 1.29 is 5.11 Å². The molecule has 0 aliphatic rings. The first kappa shape index (κ1) is 16.2. The van der Waals surface area contributed by atoms with Gasteiger partial charge in [-0.25, -0.2) is 4.98 Å². The summed E-state index contributed by atoms with van der Waals surface area (Å²) >= 11 is 8.25. The van der Waals surface area contributed by atoms with Crippen LogP contribution in [0.5, 0.6) is 5.75 Å². The number of hydrogen-bond acceptors (Lipinski definition) is 5. The lowest BCUT2D eigenvalue weighted by Crippen LogP contribution is -1.90. The van der Waals surface area contributed by atoms with Gasteiger partial charge in [0.25, 0.3) is 0 Å². The number of nitrogens with zero attached hydrogens (tertiary/aromatic N) is 2. The van der Waals surface area contributed by atoms with Crippen LogP contribution in [0, 0.1) is 0 Å². The molecule has 0 unspecified atom stereocenters. The SMILES string of the molecule is Oc1ccc(Br)cc1/C=N/Nc1nc(-c2ccc(Br)cc2)cs1. The number of hydrogen-bond donors (Lipinski definition) is 2. The van der Waals surface area contributed by atoms with E-state index in [9.17, 15) is 5.11 Å². The van der Waals surface area contributed by atoms with E-state index in [0.29, 0.717) is 10.7 Å². The first-order valence-corrected chi connectivity index (χ1v) is 9.07. The summed E-state index contributed by atoms with van der Waals surface area (Å²) in [5.41, 5.74) is 5.45. The molecule has 0 saturated heterocycles. The van der Waals surface area contributed by atoms with Gasteiger partial charge in [-0.05, 0) is 30.3 Å². The number of aromatic hydroxyl groups is 1. The number of halogens is 2. The molecule has 3 rings (SSSR count). The van der Waals surface area contributed by atoms with Crippen LogP contribution in [-0.4, -0.2) is 16.3 Å². The molecule has 1 aromatic heterocycles. The Labute approximate surface area is 154 Å². The monoisotopic (exact) mass is 451 g/mol. The third kappa shape index (κ3) is 4.19. The van der Waals surface area contributed by atoms with E-state index in [4.69, 9.17) is 0 Å². The Morgan fingerprint density at radius 1 is 1.09 bits per heavy atom. The summed E-state index contributed by atoms with van der Waals surface area (Å²) in [5.74, 6) is 0.174. The van der Waals surface area contributed by atoms with Gasteiger partial charge in [0.05, 0.1) is 11.9 Å². The van der Waals surface area contributed by atoms with Crippen LogP contribution in [0.2, 0.25) is 0 Å². The van der Waals surface area contributed by atoms with Crippen molar-refractivity contribution in [1.29, 1.82) is 0 Å². The van der Waals surface area contributed by atoms with Gasteiger partial charge in [0.2, 0.25) is 5.13 Å². The summed E-state index contributed by atoms with van der Waals surface area (Å²) in [6, 6.07) is 13.1. The van der Waals surface area contributed by atoms with Gasteiger partial charge in [-0.3, -0.25) is 5.43 Å². The second-order valence-electron chi connectivity index (χ2n) is 4.62. The second kappa shape index (κ2) is 7.25. The molecule has 2 aromatic carbocycles. The maximum Gasteiger partial charge on any atom is 0.203 e. The minimum Gasteiger partial charge on any atom is -0.507 e. The number of phenolic OH excluding ortho intramolecular Hbond substituents is 1. The van der Waals surface area contributed by atoms with Crippen molar-refractivity contribution in [2.45, 2.75) is 0 Å². The van der Waals surface area contributed by atoms with Crippen molar-refractivity contribution in [3.05, 3.63) is 62.4 Å². The van der Waals surface area contributed by atoms with Crippen molar-refractivity contribution in [1.82, 2.24) is 4.98 Å². The standard InChI is InChI=1S/C16H11Br2N3OS/c17-12-3-1-10(2-4-12)14-9-23-16(20-14)21-19-8-11-7-13(18)5-6-15(11)22/h1-9,22H,(H,20,21)/b19-8+. The summed E-state index contributed by atoms with van der Waals surface area (Å²) in [4.78, 5) is 4.49. The molecule has 0 aliphatic carbocycles. The lowest BCUT2D eigenvalue weighted by atomic mass is 10.2. The van der Waals surface area contributed by atoms with Gasteiger partial charge < -0.3 is 5.11 Å². The Morgan fingerprint density at radius 2 is 1.83 bits per heavy atom. The molecule has 0 fully saturated rings. The molecule has 0 saturated carbocycles. The lowest BCUT2D eigenvalue weighted by Gasteiger charge is -1.99. The molecule has 0 atom stereocenters. The van der Waals surface area contributed by atoms with Crippen LogP contribution in [0.3, 0.4) is 0 Å². The van der Waals surface area contributed by atoms with E-state index in [1.807, 2.05) is 29.6 Å². The first-order valence-electron chi connectivity index (χ1n) is 6.61. The van der Waals surface area contributed by atoms with E-state index >= 15 is 0 Å². The number of phenols is 1. The Hall–Kier alpha value is -1.70. The van der Waals surface area contributed by atoms with Gasteiger partial charge in [0, 0.05) is 25.5 Å². The molecule has 23 heavy (non-hydrogen) atoms. The fourth-order valence-electron chi connectivity index (χ4n) is 1.86. The van der Waals surface area contributed by atoms with E-state index < -0.39 is 0 Å². The summed E-state index contributed by atoms with van der Waals surface area (Å²) in [6.07, 6.45) is 1.56. The third-order valence-corrected chi connectivity index (χ3v) is 4.77. The molecule has 7 heteroatoms. The zero-order valence-electron chi connectivity index (χ0n) is 11.7. The molecular formula is C16H11Br2N3OS. The van der Waals surface area contributed by atoms with Crippen LogP contribution in [-0.2, 0) is 0 Å². The highest BCUT2D eigenvalue weighted by Gasteiger charge is 2.04. The van der Waals surface area contributed by atoms with Gasteiger partial charge >= 0.3 is 0 Å². The van der Waals surface area contributed by atoms with Crippen LogP contribution >= 0.6 is 43.2 Å². The molecule has 0 bridgehead atoms. The number of aromatic nitrogens is 1. The van der Waals surface area contributed by atoms with Crippen molar-refractivity contribution in [3.63, 3.8) is 0 Å². The van der Waals surface area contributed by atoms with E-state index in [0.717, 1.165) is 20.2 Å². The molecule has 0 spiro atoms. The Bertz CT molecular complexity index is 847. The zero-order valence-corrected chi connectivity index (χ0v) is 15.7. The molecular weight excluding hydrogens is 442 g/mol. The lowest BCUT2D eigenvalue weighted by molar-refractivity contribution is 0.474. The number of rotatable bonds is 4. The average molecular weight is 453 g/mol. The fraction of sp³-hybridized carbons (Fsp3) is 0. The minimum atomic E-state index is 0.174. The van der Waals surface area contributed by atoms with Gasteiger partial charge in [-0.1, -0.05) is 44.0 Å². The van der Waals surface area contributed by atoms with Crippen molar-refractivity contribution in [2.75, 3.05) is 5.43 Å². The average Bonchev–Trinajstić information content (AvgIpc) is 3.00. The van der Waals surface area contributed by atoms with Crippen LogP contribution in [0.15, 0.2) is 61.9 Å². The molecule has 4 nitrogen and oxygen atoms in total. The van der Waals surface area contributed by atoms with Crippen LogP contribution in [0.25, 0.3) is 11.3 Å². The van der Waals surface area contributed by atoms with E-state index in [-0.39, 0.29) is 5.75 Å². The molecule has 0 radical (unpaired) electrons. The summed E-state index contributed by atoms with van der Waals surface area (Å²) < 4.78 is 1.91. The summed E-state index contributed by atoms with van der Waals surface area (Å²) in [5, 5.41) is 16.5. The number of anilines is 1. The van der Waals surface area contributed by atoms with Crippen molar-refractivity contribution >= 4 is 54.5 Å². The van der Waals surface area contributed by atoms with Crippen molar-refractivity contribution in [2.24, 2.45) is 5.10 Å². The van der Waals surface area contributed by atoms with Gasteiger partial charge in [0.15, 0.2) is 0 Å². The number of hydrazone groups is 1. The van der Waals surface area contributed by atoms with E-state index in [2.05, 4.69) is 47.4 Å². The molecule has 0 aliphatic heterocycles. The number of benzene rings is 2.